The highest BCUT2D eigenvalue weighted by Crippen LogP contribution is 2.21. The van der Waals surface area contributed by atoms with Gasteiger partial charge in [-0.2, -0.15) is 0 Å². The molecule has 1 aromatic carbocycles. The molecule has 1 atom stereocenters. The molecule has 0 amide bonds. The molecule has 2 rings (SSSR count). The summed E-state index contributed by atoms with van der Waals surface area (Å²) in [6.07, 6.45) is 0. The number of hydrogen-bond acceptors (Lipinski definition) is 3. The lowest BCUT2D eigenvalue weighted by Crippen LogP contribution is -2.40. The van der Waals surface area contributed by atoms with Crippen LogP contribution >= 0.6 is 0 Å². The van der Waals surface area contributed by atoms with E-state index in [2.05, 4.69) is 55.3 Å². The van der Waals surface area contributed by atoms with Crippen LogP contribution in [-0.2, 0) is 6.54 Å². The Morgan fingerprint density at radius 3 is 2.63 bits per heavy atom. The molecule has 0 saturated carbocycles. The fraction of sp³-hybridized carbons (Fsp3) is 0.625. The van der Waals surface area contributed by atoms with Crippen LogP contribution in [0.2, 0.25) is 0 Å². The Morgan fingerprint density at radius 1 is 1.32 bits per heavy atom. The topological polar surface area (TPSA) is 35.5 Å². The van der Waals surface area contributed by atoms with Crippen molar-refractivity contribution < 1.29 is 5.11 Å². The maximum atomic E-state index is 9.42. The third kappa shape index (κ3) is 4.30. The second kappa shape index (κ2) is 6.04. The van der Waals surface area contributed by atoms with Crippen molar-refractivity contribution in [3.05, 3.63) is 35.4 Å². The molecule has 0 bridgehead atoms. The van der Waals surface area contributed by atoms with Gasteiger partial charge in [0.2, 0.25) is 0 Å². The Morgan fingerprint density at radius 2 is 2.00 bits per heavy atom. The predicted octanol–water partition coefficient (Wildman–Crippen LogP) is 1.79. The lowest BCUT2D eigenvalue weighted by Gasteiger charge is -2.29. The number of aryl methyl sites for hydroxylation is 1. The SMILES string of the molecule is Cc1ccc(CN2CC(CO)NCC(C)(C)C2)cc1. The third-order valence-electron chi connectivity index (χ3n) is 3.75. The average molecular weight is 262 g/mol. The summed E-state index contributed by atoms with van der Waals surface area (Å²) >= 11 is 0. The van der Waals surface area contributed by atoms with Gasteiger partial charge in [0.1, 0.15) is 0 Å². The zero-order chi connectivity index (χ0) is 13.9. The summed E-state index contributed by atoms with van der Waals surface area (Å²) < 4.78 is 0. The van der Waals surface area contributed by atoms with Crippen LogP contribution in [0.5, 0.6) is 0 Å². The van der Waals surface area contributed by atoms with Crippen molar-refractivity contribution in [3.8, 4) is 0 Å². The molecule has 106 valence electrons. The second-order valence-corrected chi connectivity index (χ2v) is 6.58. The standard InChI is InChI=1S/C16H26N2O/c1-13-4-6-14(7-5-13)8-18-9-15(10-19)17-11-16(2,3)12-18/h4-7,15,17,19H,8-12H2,1-3H3. The van der Waals surface area contributed by atoms with Gasteiger partial charge in [-0.3, -0.25) is 4.90 Å². The van der Waals surface area contributed by atoms with Gasteiger partial charge >= 0.3 is 0 Å². The summed E-state index contributed by atoms with van der Waals surface area (Å²) in [6, 6.07) is 8.93. The van der Waals surface area contributed by atoms with Crippen LogP contribution in [-0.4, -0.2) is 42.3 Å². The first-order valence-corrected chi connectivity index (χ1v) is 7.11. The van der Waals surface area contributed by atoms with Crippen LogP contribution < -0.4 is 5.32 Å². The molecule has 3 nitrogen and oxygen atoms in total. The van der Waals surface area contributed by atoms with Crippen molar-refractivity contribution in [1.29, 1.82) is 0 Å². The van der Waals surface area contributed by atoms with Gasteiger partial charge in [-0.05, 0) is 17.9 Å². The minimum absolute atomic E-state index is 0.187. The van der Waals surface area contributed by atoms with E-state index < -0.39 is 0 Å². The molecule has 1 aliphatic rings. The molecule has 1 fully saturated rings. The fourth-order valence-corrected chi connectivity index (χ4v) is 2.72. The van der Waals surface area contributed by atoms with Gasteiger partial charge < -0.3 is 10.4 Å². The second-order valence-electron chi connectivity index (χ2n) is 6.58. The van der Waals surface area contributed by atoms with Crippen molar-refractivity contribution in [1.82, 2.24) is 10.2 Å². The van der Waals surface area contributed by atoms with Crippen molar-refractivity contribution in [3.63, 3.8) is 0 Å². The molecule has 0 radical (unpaired) electrons. The minimum atomic E-state index is 0.187. The highest BCUT2D eigenvalue weighted by molar-refractivity contribution is 5.21. The normalized spacial score (nSPS) is 24.1. The molecule has 1 unspecified atom stereocenters. The molecular formula is C16H26N2O. The van der Waals surface area contributed by atoms with Gasteiger partial charge in [-0.25, -0.2) is 0 Å². The zero-order valence-electron chi connectivity index (χ0n) is 12.3. The first-order chi connectivity index (χ1) is 8.98. The molecule has 2 N–H and O–H groups in total. The van der Waals surface area contributed by atoms with Crippen LogP contribution in [0, 0.1) is 12.3 Å². The average Bonchev–Trinajstić information content (AvgIpc) is 2.50. The zero-order valence-corrected chi connectivity index (χ0v) is 12.3. The number of aliphatic hydroxyl groups is 1. The smallest absolute Gasteiger partial charge is 0.0597 e. The van der Waals surface area contributed by atoms with Gasteiger partial charge in [0.15, 0.2) is 0 Å². The van der Waals surface area contributed by atoms with E-state index in [1.807, 2.05) is 0 Å². The minimum Gasteiger partial charge on any atom is -0.395 e. The van der Waals surface area contributed by atoms with E-state index in [-0.39, 0.29) is 18.1 Å². The van der Waals surface area contributed by atoms with Gasteiger partial charge in [0.25, 0.3) is 0 Å². The molecule has 0 aromatic heterocycles. The molecule has 3 heteroatoms. The summed E-state index contributed by atoms with van der Waals surface area (Å²) in [5, 5.41) is 12.9. The Labute approximate surface area is 116 Å². The molecular weight excluding hydrogens is 236 g/mol. The highest BCUT2D eigenvalue weighted by atomic mass is 16.3. The van der Waals surface area contributed by atoms with Crippen LogP contribution in [0.1, 0.15) is 25.0 Å². The first kappa shape index (κ1) is 14.5. The van der Waals surface area contributed by atoms with Gasteiger partial charge in [0.05, 0.1) is 6.61 Å². The predicted molar refractivity (Wildman–Crippen MR) is 79.1 cm³/mol. The van der Waals surface area contributed by atoms with Gasteiger partial charge in [0, 0.05) is 32.2 Å². The summed E-state index contributed by atoms with van der Waals surface area (Å²) in [4.78, 5) is 2.45. The van der Waals surface area contributed by atoms with Crippen molar-refractivity contribution in [2.24, 2.45) is 5.41 Å². The van der Waals surface area contributed by atoms with Crippen molar-refractivity contribution >= 4 is 0 Å². The van der Waals surface area contributed by atoms with E-state index in [0.29, 0.717) is 0 Å². The van der Waals surface area contributed by atoms with Crippen molar-refractivity contribution in [2.45, 2.75) is 33.4 Å². The quantitative estimate of drug-likeness (QED) is 0.872. The fourth-order valence-electron chi connectivity index (χ4n) is 2.72. The molecule has 1 aromatic rings. The molecule has 0 spiro atoms. The number of nitrogens with one attached hydrogen (secondary N) is 1. The molecule has 0 aliphatic carbocycles. The van der Waals surface area contributed by atoms with Crippen LogP contribution in [0.4, 0.5) is 0 Å². The van der Waals surface area contributed by atoms with Crippen molar-refractivity contribution in [2.75, 3.05) is 26.2 Å². The molecule has 19 heavy (non-hydrogen) atoms. The maximum Gasteiger partial charge on any atom is 0.0597 e. The molecule has 1 saturated heterocycles. The number of rotatable bonds is 3. The van der Waals surface area contributed by atoms with Gasteiger partial charge in [-0.1, -0.05) is 43.7 Å². The number of nitrogens with zero attached hydrogens (tertiary/aromatic N) is 1. The summed E-state index contributed by atoms with van der Waals surface area (Å²) in [5.41, 5.74) is 2.89. The van der Waals surface area contributed by atoms with E-state index in [1.165, 1.54) is 11.1 Å². The number of aliphatic hydroxyl groups excluding tert-OH is 1. The van der Waals surface area contributed by atoms with E-state index in [1.54, 1.807) is 0 Å². The summed E-state index contributed by atoms with van der Waals surface area (Å²) in [7, 11) is 0. The largest absolute Gasteiger partial charge is 0.395 e. The van der Waals surface area contributed by atoms with Gasteiger partial charge in [-0.15, -0.1) is 0 Å². The number of hydrogen-bond donors (Lipinski definition) is 2. The lowest BCUT2D eigenvalue weighted by atomic mass is 9.93. The van der Waals surface area contributed by atoms with Crippen LogP contribution in [0.25, 0.3) is 0 Å². The van der Waals surface area contributed by atoms with E-state index in [4.69, 9.17) is 0 Å². The molecule has 1 aliphatic heterocycles. The summed E-state index contributed by atoms with van der Waals surface area (Å²) in [6.45, 7) is 10.8. The summed E-state index contributed by atoms with van der Waals surface area (Å²) in [5.74, 6) is 0. The van der Waals surface area contributed by atoms with Crippen LogP contribution in [0.3, 0.4) is 0 Å². The van der Waals surface area contributed by atoms with E-state index in [0.717, 1.165) is 26.2 Å². The first-order valence-electron chi connectivity index (χ1n) is 7.11. The molecule has 1 heterocycles. The third-order valence-corrected chi connectivity index (χ3v) is 3.75. The highest BCUT2D eigenvalue weighted by Gasteiger charge is 2.28. The monoisotopic (exact) mass is 262 g/mol. The Bertz CT molecular complexity index is 400. The van der Waals surface area contributed by atoms with E-state index >= 15 is 0 Å². The maximum absolute atomic E-state index is 9.42. The Balaban J connectivity index is 2.05. The van der Waals surface area contributed by atoms with Crippen LogP contribution in [0.15, 0.2) is 24.3 Å². The lowest BCUT2D eigenvalue weighted by molar-refractivity contribution is 0.176. The number of benzene rings is 1. The Hall–Kier alpha value is -0.900. The Kier molecular flexibility index (Phi) is 4.61. The van der Waals surface area contributed by atoms with E-state index in [9.17, 15) is 5.11 Å².